The van der Waals surface area contributed by atoms with Crippen molar-refractivity contribution in [1.29, 1.82) is 0 Å². The van der Waals surface area contributed by atoms with Crippen molar-refractivity contribution in [2.75, 3.05) is 5.73 Å². The van der Waals surface area contributed by atoms with Crippen LogP contribution in [0.1, 0.15) is 68.5 Å². The van der Waals surface area contributed by atoms with E-state index in [1.54, 1.807) is 12.4 Å². The van der Waals surface area contributed by atoms with Gasteiger partial charge in [-0.05, 0) is 132 Å². The lowest BCUT2D eigenvalue weighted by Gasteiger charge is -2.37. The Morgan fingerprint density at radius 1 is 0.507 bits per heavy atom. The molecule has 7 heteroatoms. The Labute approximate surface area is 404 Å². The first-order valence-corrected chi connectivity index (χ1v) is 23.8. The van der Waals surface area contributed by atoms with Gasteiger partial charge in [-0.25, -0.2) is 4.68 Å². The molecule has 0 radical (unpaired) electrons. The molecule has 0 amide bonds. The van der Waals surface area contributed by atoms with Gasteiger partial charge in [0, 0.05) is 52.6 Å². The molecule has 0 spiro atoms. The van der Waals surface area contributed by atoms with E-state index in [0.717, 1.165) is 117 Å². The smallest absolute Gasteiger partial charge is 0.138 e. The number of aryl methyl sites for hydroxylation is 4. The van der Waals surface area contributed by atoms with E-state index in [0.29, 0.717) is 12.3 Å². The lowest BCUT2D eigenvalue weighted by atomic mass is 9.77. The number of nitrogen functional groups attached to an aromatic ring is 1. The summed E-state index contributed by atoms with van der Waals surface area (Å²) in [5.74, 6) is 0.387. The minimum atomic E-state index is -0.755. The minimum Gasteiger partial charge on any atom is -0.508 e. The second-order valence-corrected chi connectivity index (χ2v) is 17.6. The lowest BCUT2D eigenvalue weighted by molar-refractivity contribution is 0.466. The highest BCUT2D eigenvalue weighted by Gasteiger charge is 2.41. The van der Waals surface area contributed by atoms with Crippen LogP contribution in [-0.2, 0) is 37.8 Å². The summed E-state index contributed by atoms with van der Waals surface area (Å²) in [6, 6.07) is 69.5. The van der Waals surface area contributed by atoms with E-state index in [9.17, 15) is 5.11 Å². The minimum absolute atomic E-state index is 0.387. The molecule has 3 N–H and O–H groups in total. The van der Waals surface area contributed by atoms with Crippen molar-refractivity contribution in [2.45, 2.75) is 50.6 Å². The summed E-state index contributed by atoms with van der Waals surface area (Å²) in [4.78, 5) is 13.0. The Hall–Kier alpha value is -8.42. The quantitative estimate of drug-likeness (QED) is 0.0836. The van der Waals surface area contributed by atoms with Crippen LogP contribution in [0.2, 0.25) is 0 Å². The summed E-state index contributed by atoms with van der Waals surface area (Å²) in [5.41, 5.74) is 22.3. The molecule has 0 unspecified atom stereocenters. The van der Waals surface area contributed by atoms with Gasteiger partial charge in [-0.15, -0.1) is 0 Å². The largest absolute Gasteiger partial charge is 0.508 e. The number of aromatic hydroxyl groups is 1. The lowest BCUT2D eigenvalue weighted by Crippen LogP contribution is -2.38. The van der Waals surface area contributed by atoms with E-state index in [-0.39, 0.29) is 0 Å². The third kappa shape index (κ3) is 9.45. The molecule has 7 aromatic carbocycles. The molecule has 1 aliphatic rings. The number of hydrogen-bond donors (Lipinski definition) is 2. The number of nitrogens with zero attached hydrogens (tertiary/aromatic N) is 5. The van der Waals surface area contributed by atoms with Gasteiger partial charge in [0.2, 0.25) is 0 Å². The van der Waals surface area contributed by atoms with Crippen LogP contribution in [0.5, 0.6) is 5.75 Å². The molecule has 11 rings (SSSR count). The van der Waals surface area contributed by atoms with Gasteiger partial charge in [0.05, 0.1) is 17.8 Å². The van der Waals surface area contributed by atoms with Crippen LogP contribution >= 0.6 is 0 Å². The average Bonchev–Trinajstić information content (AvgIpc) is 4.00. The molecule has 3 aromatic heterocycles. The fraction of sp³-hybridized carbons (Fsp3) is 0.129. The predicted molar refractivity (Wildman–Crippen MR) is 281 cm³/mol. The maximum Gasteiger partial charge on any atom is 0.138 e. The number of nitrogens with two attached hydrogens (primary N) is 1. The van der Waals surface area contributed by atoms with E-state index >= 15 is 0 Å². The van der Waals surface area contributed by atoms with Crippen LogP contribution < -0.4 is 5.73 Å². The fourth-order valence-electron chi connectivity index (χ4n) is 9.81. The Morgan fingerprint density at radius 2 is 0.986 bits per heavy atom. The summed E-state index contributed by atoms with van der Waals surface area (Å²) in [5, 5.41) is 16.9. The van der Waals surface area contributed by atoms with Gasteiger partial charge in [-0.2, -0.15) is 5.10 Å². The van der Waals surface area contributed by atoms with Crippen LogP contribution in [0.3, 0.4) is 0 Å². The summed E-state index contributed by atoms with van der Waals surface area (Å²) in [6.07, 6.45) is 13.0. The predicted octanol–water partition coefficient (Wildman–Crippen LogP) is 13.0. The molecule has 10 aromatic rings. The van der Waals surface area contributed by atoms with Gasteiger partial charge in [0.15, 0.2) is 0 Å². The summed E-state index contributed by atoms with van der Waals surface area (Å²) in [7, 11) is 0. The number of hydrogen-bond acceptors (Lipinski definition) is 6. The van der Waals surface area contributed by atoms with Crippen LogP contribution in [0, 0.1) is 0 Å². The molecule has 0 aliphatic carbocycles. The Bertz CT molecular complexity index is 3190. The van der Waals surface area contributed by atoms with Gasteiger partial charge in [-0.1, -0.05) is 152 Å². The molecule has 0 saturated heterocycles. The molecule has 0 fully saturated rings. The van der Waals surface area contributed by atoms with Crippen LogP contribution in [0.25, 0.3) is 22.2 Å². The molecule has 69 heavy (non-hydrogen) atoms. The highest BCUT2D eigenvalue weighted by Crippen LogP contribution is 2.45. The monoisotopic (exact) mass is 898 g/mol. The average molecular weight is 899 g/mol. The van der Waals surface area contributed by atoms with Gasteiger partial charge >= 0.3 is 0 Å². The summed E-state index contributed by atoms with van der Waals surface area (Å²) in [6.45, 7) is 0.630. The third-order valence-electron chi connectivity index (χ3n) is 13.2. The molecule has 0 bridgehead atoms. The molecule has 0 saturated carbocycles. The van der Waals surface area contributed by atoms with Gasteiger partial charge in [-0.3, -0.25) is 15.0 Å². The maximum absolute atomic E-state index is 10.4. The number of fused-ring (bicyclic) bond motifs is 2. The summed E-state index contributed by atoms with van der Waals surface area (Å²) < 4.78 is 2.20. The van der Waals surface area contributed by atoms with E-state index < -0.39 is 5.54 Å². The Morgan fingerprint density at radius 3 is 1.51 bits per heavy atom. The van der Waals surface area contributed by atoms with Crippen molar-refractivity contribution >= 4 is 22.3 Å². The molecular formula is C62H54N6O. The number of phenols is 1. The van der Waals surface area contributed by atoms with Gasteiger partial charge < -0.3 is 10.8 Å². The normalized spacial score (nSPS) is 12.0. The van der Waals surface area contributed by atoms with Crippen molar-refractivity contribution < 1.29 is 5.11 Å². The number of pyridine rings is 2. The Kier molecular flexibility index (Phi) is 13.3. The number of rotatable bonds is 14. The van der Waals surface area contributed by atoms with Crippen molar-refractivity contribution in [1.82, 2.24) is 19.7 Å². The van der Waals surface area contributed by atoms with E-state index in [1.165, 1.54) is 11.1 Å². The molecule has 338 valence electrons. The first-order chi connectivity index (χ1) is 34.1. The molecular weight excluding hydrogens is 845 g/mol. The van der Waals surface area contributed by atoms with E-state index in [1.807, 2.05) is 48.8 Å². The molecule has 0 atom stereocenters. The van der Waals surface area contributed by atoms with Crippen LogP contribution in [0.4, 0.5) is 5.69 Å². The van der Waals surface area contributed by atoms with Crippen LogP contribution in [-0.4, -0.2) is 30.6 Å². The molecule has 1 aliphatic heterocycles. The van der Waals surface area contributed by atoms with E-state index in [4.69, 9.17) is 10.8 Å². The zero-order valence-electron chi connectivity index (χ0n) is 38.6. The third-order valence-corrected chi connectivity index (χ3v) is 13.2. The van der Waals surface area contributed by atoms with Crippen molar-refractivity contribution in [2.24, 2.45) is 4.99 Å². The van der Waals surface area contributed by atoms with E-state index in [2.05, 4.69) is 183 Å². The number of anilines is 1. The molecule has 4 heterocycles. The zero-order valence-corrected chi connectivity index (χ0v) is 38.6. The second kappa shape index (κ2) is 20.6. The SMILES string of the molecule is Nc1cc2c(cc1CCCc1ccccc1)c(-c1ccncc1)nn2C(c1ccccc1)(c1ccccc1)c1ccccc1.Oc1cc2c(cc1CCCc1ccccc1)C(c1ccncc1)=NC2. The highest BCUT2D eigenvalue weighted by molar-refractivity contribution is 6.15. The van der Waals surface area contributed by atoms with Gasteiger partial charge in [0.1, 0.15) is 17.0 Å². The van der Waals surface area contributed by atoms with Gasteiger partial charge in [0.25, 0.3) is 0 Å². The first-order valence-electron chi connectivity index (χ1n) is 23.8. The number of aliphatic imine (C=N–C) groups is 1. The number of benzene rings is 7. The Balaban J connectivity index is 0.000000187. The van der Waals surface area contributed by atoms with Crippen molar-refractivity contribution in [3.05, 3.63) is 281 Å². The van der Waals surface area contributed by atoms with Crippen molar-refractivity contribution in [3.63, 3.8) is 0 Å². The van der Waals surface area contributed by atoms with Crippen molar-refractivity contribution in [3.8, 4) is 17.0 Å². The maximum atomic E-state index is 10.4. The fourth-order valence-corrected chi connectivity index (χ4v) is 9.81. The molecule has 7 nitrogen and oxygen atoms in total. The topological polar surface area (TPSA) is 102 Å². The van der Waals surface area contributed by atoms with Crippen LogP contribution in [0.15, 0.2) is 230 Å². The summed E-state index contributed by atoms with van der Waals surface area (Å²) >= 11 is 0. The zero-order chi connectivity index (χ0) is 46.8. The standard InChI is InChI=1S/C40H34N4.C22H20N2O/c41-37-29-38-36(28-32(37)17-13-16-30-14-5-1-6-15-30)39(31-24-26-42-27-25-31)43-44(38)40(33-18-7-2-8-19-33,34-20-9-3-10-21-34)35-22-11-4-12-23-35;25-21-14-19-15-24-22(17-9-11-23-12-10-17)20(19)13-18(21)8-4-7-16-5-2-1-3-6-16/h1-12,14-15,18-29H,13,16-17,41H2;1-3,5-6,9-14,25H,4,7-8,15H2. The second-order valence-electron chi connectivity index (χ2n) is 17.6. The first kappa shape index (κ1) is 44.4. The number of aromatic nitrogens is 4. The number of phenolic OH excluding ortho intramolecular Hbond substituents is 1. The highest BCUT2D eigenvalue weighted by atomic mass is 16.3.